The summed E-state index contributed by atoms with van der Waals surface area (Å²) in [5.74, 6) is 0.896. The molecule has 0 saturated heterocycles. The van der Waals surface area contributed by atoms with Gasteiger partial charge in [-0.3, -0.25) is 4.79 Å². The highest BCUT2D eigenvalue weighted by atomic mass is 35.5. The fourth-order valence-corrected chi connectivity index (χ4v) is 3.25. The maximum absolute atomic E-state index is 12.5. The van der Waals surface area contributed by atoms with E-state index in [4.69, 9.17) is 11.6 Å². The number of hydrogen-bond acceptors (Lipinski definition) is 3. The summed E-state index contributed by atoms with van der Waals surface area (Å²) in [6.45, 7) is 1.61. The molecule has 116 valence electrons. The zero-order valence-electron chi connectivity index (χ0n) is 12.6. The van der Waals surface area contributed by atoms with E-state index in [1.165, 1.54) is 5.56 Å². The Hall–Kier alpha value is -1.74. The molecule has 4 heteroatoms. The van der Waals surface area contributed by atoms with Crippen molar-refractivity contribution in [3.05, 3.63) is 53.4 Å². The number of Topliss-reactive ketones (excluding diaryl/α,β-unsaturated/α-hetero) is 1. The molecule has 1 aliphatic heterocycles. The third-order valence-electron chi connectivity index (χ3n) is 4.14. The first kappa shape index (κ1) is 15.2. The smallest absolute Gasteiger partial charge is 0.185 e. The molecule has 1 aromatic carbocycles. The lowest BCUT2D eigenvalue weighted by Crippen LogP contribution is -2.31. The molecule has 2 aliphatic rings. The number of anilines is 1. The summed E-state index contributed by atoms with van der Waals surface area (Å²) in [5, 5.41) is 3.41. The number of nitrogens with zero attached hydrogens (tertiary/aromatic N) is 1. The monoisotopic (exact) mass is 316 g/mol. The number of halogens is 1. The van der Waals surface area contributed by atoms with Gasteiger partial charge in [0.1, 0.15) is 5.70 Å². The molecular formula is C18H21ClN2O. The molecule has 0 saturated carbocycles. The quantitative estimate of drug-likeness (QED) is 0.663. The van der Waals surface area contributed by atoms with E-state index in [0.717, 1.165) is 49.4 Å². The van der Waals surface area contributed by atoms with E-state index in [1.807, 2.05) is 24.3 Å². The Morgan fingerprint density at radius 3 is 2.91 bits per heavy atom. The molecule has 0 fully saturated rings. The highest BCUT2D eigenvalue weighted by Crippen LogP contribution is 2.31. The lowest BCUT2D eigenvalue weighted by Gasteiger charge is -2.28. The van der Waals surface area contributed by atoms with Crippen LogP contribution in [0.5, 0.6) is 0 Å². The molecule has 22 heavy (non-hydrogen) atoms. The van der Waals surface area contributed by atoms with Crippen LogP contribution >= 0.6 is 11.6 Å². The van der Waals surface area contributed by atoms with Crippen LogP contribution in [0.25, 0.3) is 0 Å². The molecule has 0 unspecified atom stereocenters. The van der Waals surface area contributed by atoms with Crippen LogP contribution in [0.3, 0.4) is 0 Å². The number of nitrogens with one attached hydrogen (secondary N) is 1. The van der Waals surface area contributed by atoms with Gasteiger partial charge in [-0.05, 0) is 30.5 Å². The topological polar surface area (TPSA) is 32.3 Å². The van der Waals surface area contributed by atoms with Crippen molar-refractivity contribution in [1.29, 1.82) is 0 Å². The normalized spacial score (nSPS) is 17.0. The lowest BCUT2D eigenvalue weighted by atomic mass is 10.0. The summed E-state index contributed by atoms with van der Waals surface area (Å²) in [4.78, 5) is 14.7. The zero-order valence-corrected chi connectivity index (χ0v) is 13.4. The van der Waals surface area contributed by atoms with Crippen molar-refractivity contribution in [2.45, 2.75) is 32.2 Å². The van der Waals surface area contributed by atoms with E-state index in [1.54, 1.807) is 0 Å². The summed E-state index contributed by atoms with van der Waals surface area (Å²) in [6.07, 6.45) is 7.61. The average Bonchev–Trinajstić information content (AvgIpc) is 2.70. The minimum atomic E-state index is 0.194. The van der Waals surface area contributed by atoms with E-state index in [-0.39, 0.29) is 5.78 Å². The van der Waals surface area contributed by atoms with Crippen LogP contribution in [0.15, 0.2) is 47.8 Å². The first-order valence-corrected chi connectivity index (χ1v) is 8.44. The second-order valence-electron chi connectivity index (χ2n) is 5.68. The van der Waals surface area contributed by atoms with Crippen LogP contribution in [0.2, 0.25) is 0 Å². The van der Waals surface area contributed by atoms with E-state index in [2.05, 4.69) is 22.3 Å². The Balaban J connectivity index is 1.93. The largest absolute Gasteiger partial charge is 0.379 e. The lowest BCUT2D eigenvalue weighted by molar-refractivity contribution is -0.115. The van der Waals surface area contributed by atoms with Gasteiger partial charge in [0, 0.05) is 31.1 Å². The van der Waals surface area contributed by atoms with Crippen LogP contribution in [0, 0.1) is 0 Å². The van der Waals surface area contributed by atoms with Gasteiger partial charge in [0.15, 0.2) is 5.78 Å². The summed E-state index contributed by atoms with van der Waals surface area (Å²) in [7, 11) is 0. The number of alkyl halides is 1. The molecule has 0 bridgehead atoms. The maximum atomic E-state index is 12.5. The fraction of sp³-hybridized carbons (Fsp3) is 0.389. The molecule has 1 N–H and O–H groups in total. The molecule has 1 aromatic rings. The molecule has 0 amide bonds. The molecule has 0 radical (unpaired) electrons. The molecule has 3 nitrogen and oxygen atoms in total. The predicted octanol–water partition coefficient (Wildman–Crippen LogP) is 3.75. The highest BCUT2D eigenvalue weighted by molar-refractivity contribution is 6.17. The Morgan fingerprint density at radius 1 is 1.18 bits per heavy atom. The first-order valence-electron chi connectivity index (χ1n) is 7.90. The Kier molecular flexibility index (Phi) is 4.84. The minimum Gasteiger partial charge on any atom is -0.379 e. The van der Waals surface area contributed by atoms with Crippen LogP contribution in [-0.4, -0.2) is 18.2 Å². The number of allylic oxidation sites excluding steroid dienone is 3. The Bertz CT molecular complexity index is 621. The van der Waals surface area contributed by atoms with Crippen molar-refractivity contribution in [1.82, 2.24) is 5.32 Å². The molecule has 0 spiro atoms. The SMILES string of the molecule is O=C1CC=CC2=C1N(CCCCCCl)c1ccccc1CN2. The van der Waals surface area contributed by atoms with Crippen molar-refractivity contribution >= 4 is 23.1 Å². The van der Waals surface area contributed by atoms with Gasteiger partial charge in [0.25, 0.3) is 0 Å². The first-order chi connectivity index (χ1) is 10.8. The minimum absolute atomic E-state index is 0.194. The van der Waals surface area contributed by atoms with Crippen molar-refractivity contribution in [3.63, 3.8) is 0 Å². The van der Waals surface area contributed by atoms with E-state index >= 15 is 0 Å². The number of benzene rings is 1. The Morgan fingerprint density at radius 2 is 2.05 bits per heavy atom. The van der Waals surface area contributed by atoms with E-state index < -0.39 is 0 Å². The van der Waals surface area contributed by atoms with E-state index in [0.29, 0.717) is 12.3 Å². The third-order valence-corrected chi connectivity index (χ3v) is 4.41. The van der Waals surface area contributed by atoms with Crippen LogP contribution < -0.4 is 10.2 Å². The number of ketones is 1. The van der Waals surface area contributed by atoms with Gasteiger partial charge in [0.05, 0.1) is 5.70 Å². The van der Waals surface area contributed by atoms with Crippen molar-refractivity contribution in [3.8, 4) is 0 Å². The fourth-order valence-electron chi connectivity index (χ4n) is 3.06. The van der Waals surface area contributed by atoms with Gasteiger partial charge in [-0.25, -0.2) is 0 Å². The average molecular weight is 317 g/mol. The van der Waals surface area contributed by atoms with Crippen LogP contribution in [-0.2, 0) is 11.3 Å². The second-order valence-corrected chi connectivity index (χ2v) is 6.05. The van der Waals surface area contributed by atoms with Crippen LogP contribution in [0.4, 0.5) is 5.69 Å². The van der Waals surface area contributed by atoms with Crippen LogP contribution in [0.1, 0.15) is 31.2 Å². The number of rotatable bonds is 5. The number of unbranched alkanes of at least 4 members (excludes halogenated alkanes) is 2. The summed E-state index contributed by atoms with van der Waals surface area (Å²) in [5.41, 5.74) is 4.15. The van der Waals surface area contributed by atoms with Crippen molar-refractivity contribution in [2.24, 2.45) is 0 Å². The van der Waals surface area contributed by atoms with Crippen molar-refractivity contribution < 1.29 is 4.79 Å². The standard InChI is InChI=1S/C18H21ClN2O/c19-11-4-1-5-12-21-16-9-3-2-7-14(16)13-20-15-8-6-10-17(22)18(15)21/h2-3,6-9,20H,1,4-5,10-13H2. The summed E-state index contributed by atoms with van der Waals surface area (Å²) in [6, 6.07) is 8.33. The molecule has 0 aromatic heterocycles. The molecule has 3 rings (SSSR count). The predicted molar refractivity (Wildman–Crippen MR) is 91.0 cm³/mol. The van der Waals surface area contributed by atoms with Gasteiger partial charge in [-0.2, -0.15) is 0 Å². The van der Waals surface area contributed by atoms with E-state index in [9.17, 15) is 4.79 Å². The summed E-state index contributed by atoms with van der Waals surface area (Å²) < 4.78 is 0. The number of para-hydroxylation sites is 1. The molecular weight excluding hydrogens is 296 g/mol. The molecule has 0 atom stereocenters. The summed E-state index contributed by atoms with van der Waals surface area (Å²) >= 11 is 5.77. The Labute approximate surface area is 136 Å². The van der Waals surface area contributed by atoms with Gasteiger partial charge >= 0.3 is 0 Å². The molecule has 1 aliphatic carbocycles. The number of fused-ring (bicyclic) bond motifs is 1. The zero-order chi connectivity index (χ0) is 15.4. The van der Waals surface area contributed by atoms with Gasteiger partial charge < -0.3 is 10.2 Å². The highest BCUT2D eigenvalue weighted by Gasteiger charge is 2.27. The third kappa shape index (κ3) is 3.05. The second kappa shape index (κ2) is 7.01. The number of carbonyl (C=O) groups excluding carboxylic acids is 1. The van der Waals surface area contributed by atoms with Gasteiger partial charge in [0.2, 0.25) is 0 Å². The number of carbonyl (C=O) groups is 1. The van der Waals surface area contributed by atoms with Gasteiger partial charge in [-0.15, -0.1) is 11.6 Å². The number of hydrogen-bond donors (Lipinski definition) is 1. The maximum Gasteiger partial charge on any atom is 0.185 e. The van der Waals surface area contributed by atoms with Gasteiger partial charge in [-0.1, -0.05) is 30.7 Å². The van der Waals surface area contributed by atoms with Crippen molar-refractivity contribution in [2.75, 3.05) is 17.3 Å². The molecule has 1 heterocycles.